The first kappa shape index (κ1) is 18.1. The maximum atomic E-state index is 8.95. The van der Waals surface area contributed by atoms with Gasteiger partial charge in [-0.3, -0.25) is 0 Å². The fraction of sp³-hybridized carbons (Fsp3) is 1.00. The van der Waals surface area contributed by atoms with Gasteiger partial charge in [-0.05, 0) is 31.0 Å². The second kappa shape index (κ2) is 8.30. The largest absolute Gasteiger partial charge is 0.417 e. The summed E-state index contributed by atoms with van der Waals surface area (Å²) >= 11 is 0. The molecule has 0 aliphatic rings. The Labute approximate surface area is 114 Å². The summed E-state index contributed by atoms with van der Waals surface area (Å²) < 4.78 is 6.09. The van der Waals surface area contributed by atoms with Crippen LogP contribution in [0.2, 0.25) is 18.1 Å². The summed E-state index contributed by atoms with van der Waals surface area (Å²) in [6, 6.07) is 0. The van der Waals surface area contributed by atoms with Gasteiger partial charge in [-0.1, -0.05) is 33.6 Å². The van der Waals surface area contributed by atoms with Crippen molar-refractivity contribution in [2.75, 3.05) is 19.8 Å². The zero-order valence-electron chi connectivity index (χ0n) is 12.8. The number of aliphatic hydroxyl groups excluding tert-OH is 2. The van der Waals surface area contributed by atoms with Crippen molar-refractivity contribution in [3.05, 3.63) is 0 Å². The molecule has 18 heavy (non-hydrogen) atoms. The zero-order valence-corrected chi connectivity index (χ0v) is 13.8. The molecule has 0 amide bonds. The summed E-state index contributed by atoms with van der Waals surface area (Å²) in [5, 5.41) is 18.2. The molecule has 0 aromatic rings. The molecule has 3 nitrogen and oxygen atoms in total. The van der Waals surface area contributed by atoms with Crippen LogP contribution in [0.15, 0.2) is 0 Å². The van der Waals surface area contributed by atoms with E-state index in [-0.39, 0.29) is 24.2 Å². The van der Waals surface area contributed by atoms with E-state index in [0.717, 1.165) is 32.3 Å². The van der Waals surface area contributed by atoms with Crippen LogP contribution in [0.4, 0.5) is 0 Å². The van der Waals surface area contributed by atoms with Crippen LogP contribution < -0.4 is 0 Å². The molecule has 110 valence electrons. The third-order valence-corrected chi connectivity index (χ3v) is 8.58. The number of aliphatic hydroxyl groups is 2. The summed E-state index contributed by atoms with van der Waals surface area (Å²) in [6.45, 7) is 12.4. The lowest BCUT2D eigenvalue weighted by molar-refractivity contribution is 0.141. The Morgan fingerprint density at radius 3 is 2.00 bits per heavy atom. The normalized spacial score (nSPS) is 13.3. The molecule has 0 rings (SSSR count). The molecule has 0 aromatic heterocycles. The molecular formula is C14H32O3Si. The highest BCUT2D eigenvalue weighted by molar-refractivity contribution is 6.74. The lowest BCUT2D eigenvalue weighted by atomic mass is 10.0. The van der Waals surface area contributed by atoms with Gasteiger partial charge < -0.3 is 14.6 Å². The first-order chi connectivity index (χ1) is 8.24. The van der Waals surface area contributed by atoms with Crippen molar-refractivity contribution in [3.8, 4) is 0 Å². The highest BCUT2D eigenvalue weighted by Crippen LogP contribution is 2.36. The SMILES string of the molecule is CC(C)(C)[Si](C)(C)OCCCCCC(CO)CO. The van der Waals surface area contributed by atoms with Crippen LogP contribution >= 0.6 is 0 Å². The van der Waals surface area contributed by atoms with Crippen molar-refractivity contribution in [3.63, 3.8) is 0 Å². The van der Waals surface area contributed by atoms with Crippen LogP contribution in [0.25, 0.3) is 0 Å². The minimum Gasteiger partial charge on any atom is -0.417 e. The lowest BCUT2D eigenvalue weighted by Crippen LogP contribution is -2.40. The van der Waals surface area contributed by atoms with Crippen LogP contribution in [0.1, 0.15) is 46.5 Å². The average molecular weight is 276 g/mol. The second-order valence-corrected chi connectivity index (χ2v) is 11.5. The summed E-state index contributed by atoms with van der Waals surface area (Å²) in [5.74, 6) is 0.0614. The molecule has 0 radical (unpaired) electrons. The van der Waals surface area contributed by atoms with Crippen molar-refractivity contribution in [1.29, 1.82) is 0 Å². The average Bonchev–Trinajstić information content (AvgIpc) is 2.26. The van der Waals surface area contributed by atoms with Gasteiger partial charge in [0, 0.05) is 25.7 Å². The van der Waals surface area contributed by atoms with Gasteiger partial charge in [0.25, 0.3) is 0 Å². The van der Waals surface area contributed by atoms with E-state index in [2.05, 4.69) is 33.9 Å². The van der Waals surface area contributed by atoms with E-state index < -0.39 is 8.32 Å². The number of rotatable bonds is 9. The minimum absolute atomic E-state index is 0.0614. The Bertz CT molecular complexity index is 208. The molecule has 0 spiro atoms. The fourth-order valence-electron chi connectivity index (χ4n) is 1.50. The van der Waals surface area contributed by atoms with Crippen LogP contribution in [0.5, 0.6) is 0 Å². The van der Waals surface area contributed by atoms with E-state index in [1.165, 1.54) is 0 Å². The standard InChI is InChI=1S/C14H32O3Si/c1-14(2,3)18(4,5)17-10-8-6-7-9-13(11-15)12-16/h13,15-16H,6-12H2,1-5H3. The molecule has 0 aromatic carbocycles. The van der Waals surface area contributed by atoms with Gasteiger partial charge in [0.1, 0.15) is 0 Å². The minimum atomic E-state index is -1.58. The van der Waals surface area contributed by atoms with Crippen LogP contribution in [0.3, 0.4) is 0 Å². The van der Waals surface area contributed by atoms with E-state index >= 15 is 0 Å². The van der Waals surface area contributed by atoms with Crippen molar-refractivity contribution in [1.82, 2.24) is 0 Å². The number of unbranched alkanes of at least 4 members (excludes halogenated alkanes) is 2. The van der Waals surface area contributed by atoms with Crippen molar-refractivity contribution in [2.45, 2.75) is 64.6 Å². The van der Waals surface area contributed by atoms with Gasteiger partial charge in [-0.15, -0.1) is 0 Å². The van der Waals surface area contributed by atoms with E-state index in [1.807, 2.05) is 0 Å². The summed E-state index contributed by atoms with van der Waals surface area (Å²) in [4.78, 5) is 0. The Kier molecular flexibility index (Phi) is 8.35. The highest BCUT2D eigenvalue weighted by atomic mass is 28.4. The summed E-state index contributed by atoms with van der Waals surface area (Å²) in [7, 11) is -1.58. The topological polar surface area (TPSA) is 49.7 Å². The highest BCUT2D eigenvalue weighted by Gasteiger charge is 2.36. The van der Waals surface area contributed by atoms with Gasteiger partial charge in [-0.2, -0.15) is 0 Å². The molecule has 0 saturated heterocycles. The molecule has 0 aliphatic carbocycles. The maximum absolute atomic E-state index is 8.95. The smallest absolute Gasteiger partial charge is 0.191 e. The first-order valence-corrected chi connectivity index (χ1v) is 10.0. The van der Waals surface area contributed by atoms with Crippen LogP contribution in [-0.2, 0) is 4.43 Å². The maximum Gasteiger partial charge on any atom is 0.191 e. The Balaban J connectivity index is 3.63. The lowest BCUT2D eigenvalue weighted by Gasteiger charge is -2.36. The van der Waals surface area contributed by atoms with Gasteiger partial charge in [0.15, 0.2) is 8.32 Å². The van der Waals surface area contributed by atoms with Crippen LogP contribution in [-0.4, -0.2) is 38.4 Å². The Hall–Kier alpha value is 0.0969. The van der Waals surface area contributed by atoms with E-state index in [1.54, 1.807) is 0 Å². The third-order valence-electron chi connectivity index (χ3n) is 4.04. The fourth-order valence-corrected chi connectivity index (χ4v) is 2.58. The molecule has 0 bridgehead atoms. The van der Waals surface area contributed by atoms with E-state index in [4.69, 9.17) is 14.6 Å². The first-order valence-electron chi connectivity index (χ1n) is 7.10. The molecule has 0 saturated carbocycles. The van der Waals surface area contributed by atoms with Crippen molar-refractivity contribution >= 4 is 8.32 Å². The van der Waals surface area contributed by atoms with Gasteiger partial charge in [0.05, 0.1) is 0 Å². The molecule has 0 aliphatic heterocycles. The zero-order chi connectivity index (χ0) is 14.2. The van der Waals surface area contributed by atoms with Crippen LogP contribution in [0, 0.1) is 5.92 Å². The molecular weight excluding hydrogens is 244 g/mol. The molecule has 0 fully saturated rings. The molecule has 4 heteroatoms. The molecule has 0 heterocycles. The molecule has 0 unspecified atom stereocenters. The van der Waals surface area contributed by atoms with E-state index in [0.29, 0.717) is 0 Å². The Morgan fingerprint density at radius 2 is 1.56 bits per heavy atom. The quantitative estimate of drug-likeness (QED) is 0.502. The monoisotopic (exact) mass is 276 g/mol. The summed E-state index contributed by atoms with van der Waals surface area (Å²) in [6.07, 6.45) is 4.17. The number of hydrogen-bond donors (Lipinski definition) is 2. The van der Waals surface area contributed by atoms with Gasteiger partial charge >= 0.3 is 0 Å². The van der Waals surface area contributed by atoms with Gasteiger partial charge in [-0.25, -0.2) is 0 Å². The molecule has 0 atom stereocenters. The molecule has 2 N–H and O–H groups in total. The third kappa shape index (κ3) is 6.88. The van der Waals surface area contributed by atoms with E-state index in [9.17, 15) is 0 Å². The van der Waals surface area contributed by atoms with Gasteiger partial charge in [0.2, 0.25) is 0 Å². The summed E-state index contributed by atoms with van der Waals surface area (Å²) in [5.41, 5.74) is 0. The van der Waals surface area contributed by atoms with Crippen molar-refractivity contribution in [2.24, 2.45) is 5.92 Å². The predicted octanol–water partition coefficient (Wildman–Crippen LogP) is 3.17. The predicted molar refractivity (Wildman–Crippen MR) is 79.3 cm³/mol. The number of hydrogen-bond acceptors (Lipinski definition) is 3. The Morgan fingerprint density at radius 1 is 1.00 bits per heavy atom. The second-order valence-electron chi connectivity index (χ2n) is 6.69. The van der Waals surface area contributed by atoms with Crippen molar-refractivity contribution < 1.29 is 14.6 Å².